The number of nitrogens with one attached hydrogen (secondary N) is 3. The molecule has 0 aliphatic carbocycles. The predicted octanol–water partition coefficient (Wildman–Crippen LogP) is -0.145. The van der Waals surface area contributed by atoms with Crippen molar-refractivity contribution in [3.63, 3.8) is 0 Å². The van der Waals surface area contributed by atoms with Gasteiger partial charge in [-0.15, -0.1) is 5.10 Å². The van der Waals surface area contributed by atoms with Gasteiger partial charge in [0, 0.05) is 31.4 Å². The molecule has 2 aromatic carbocycles. The summed E-state index contributed by atoms with van der Waals surface area (Å²) in [5, 5.41) is 15.9. The maximum absolute atomic E-state index is 13.1. The van der Waals surface area contributed by atoms with Crippen LogP contribution in [0.1, 0.15) is 18.1 Å². The van der Waals surface area contributed by atoms with Gasteiger partial charge in [-0.3, -0.25) is 20.4 Å². The van der Waals surface area contributed by atoms with Crippen LogP contribution >= 0.6 is 0 Å². The van der Waals surface area contributed by atoms with Crippen molar-refractivity contribution in [1.29, 1.82) is 5.41 Å². The first kappa shape index (κ1) is 24.2. The Balaban J connectivity index is 1.89. The Kier molecular flexibility index (Phi) is 7.43. The Morgan fingerprint density at radius 1 is 1.18 bits per heavy atom. The van der Waals surface area contributed by atoms with E-state index in [-0.39, 0.29) is 18.2 Å². The summed E-state index contributed by atoms with van der Waals surface area (Å²) in [5.74, 6) is -0.698. The second-order valence-corrected chi connectivity index (χ2v) is 7.54. The lowest BCUT2D eigenvalue weighted by Gasteiger charge is -2.18. The number of aromatic nitrogens is 3. The number of amides is 1. The Labute approximate surface area is 195 Å². The maximum Gasteiger partial charge on any atom is 0.352 e. The first-order chi connectivity index (χ1) is 16.2. The third-order valence-corrected chi connectivity index (χ3v) is 5.00. The number of benzene rings is 2. The van der Waals surface area contributed by atoms with Crippen molar-refractivity contribution in [2.45, 2.75) is 20.0 Å². The van der Waals surface area contributed by atoms with Crippen LogP contribution in [0.3, 0.4) is 0 Å². The minimum Gasteiger partial charge on any atom is -0.399 e. The van der Waals surface area contributed by atoms with E-state index in [0.29, 0.717) is 23.5 Å². The number of nitrogens with zero attached hydrogens (tertiary/aromatic N) is 4. The molecule has 3 rings (SSSR count). The van der Waals surface area contributed by atoms with Gasteiger partial charge in [0.2, 0.25) is 11.7 Å². The van der Waals surface area contributed by atoms with Crippen LogP contribution in [0.4, 0.5) is 11.5 Å². The van der Waals surface area contributed by atoms with E-state index in [0.717, 1.165) is 14.8 Å². The number of hydrogen-bond donors (Lipinski definition) is 5. The molecule has 1 aromatic heterocycles. The van der Waals surface area contributed by atoms with Crippen LogP contribution in [0.2, 0.25) is 0 Å². The van der Waals surface area contributed by atoms with Gasteiger partial charge in [-0.05, 0) is 23.8 Å². The van der Waals surface area contributed by atoms with E-state index in [9.17, 15) is 14.4 Å². The number of carbonyl (C=O) groups excluding carboxylic acids is 1. The zero-order chi connectivity index (χ0) is 24.8. The minimum absolute atomic E-state index is 0.0535. The number of carbonyl (C=O) groups is 1. The number of hydrazine groups is 1. The monoisotopic (exact) mass is 465 g/mol. The van der Waals surface area contributed by atoms with E-state index in [4.69, 9.17) is 16.9 Å². The highest BCUT2D eigenvalue weighted by atomic mass is 16.2. The maximum atomic E-state index is 13.1. The van der Waals surface area contributed by atoms with Gasteiger partial charge in [-0.2, -0.15) is 4.68 Å². The molecular weight excluding hydrogens is 438 g/mol. The number of rotatable bonds is 9. The molecule has 1 amide bonds. The Morgan fingerprint density at radius 3 is 2.50 bits per heavy atom. The van der Waals surface area contributed by atoms with Crippen molar-refractivity contribution in [2.24, 2.45) is 5.73 Å². The molecular formula is C22H27N9O3. The molecule has 0 spiro atoms. The molecule has 0 aliphatic rings. The highest BCUT2D eigenvalue weighted by molar-refractivity contribution is 5.94. The highest BCUT2D eigenvalue weighted by Crippen LogP contribution is 2.09. The second-order valence-electron chi connectivity index (χ2n) is 7.54. The molecule has 3 aromatic rings. The summed E-state index contributed by atoms with van der Waals surface area (Å²) >= 11 is 0. The average Bonchev–Trinajstić information content (AvgIpc) is 2.82. The number of hydrogen-bond acceptors (Lipinski definition) is 8. The molecule has 34 heavy (non-hydrogen) atoms. The summed E-state index contributed by atoms with van der Waals surface area (Å²) in [4.78, 5) is 38.7. The van der Waals surface area contributed by atoms with Crippen molar-refractivity contribution in [3.8, 4) is 5.69 Å². The lowest BCUT2D eigenvalue weighted by molar-refractivity contribution is -0.121. The van der Waals surface area contributed by atoms with Crippen molar-refractivity contribution < 1.29 is 4.79 Å². The molecule has 1 heterocycles. The predicted molar refractivity (Wildman–Crippen MR) is 130 cm³/mol. The molecule has 0 bridgehead atoms. The zero-order valence-electron chi connectivity index (χ0n) is 18.9. The van der Waals surface area contributed by atoms with Crippen molar-refractivity contribution >= 4 is 23.2 Å². The number of amidine groups is 1. The molecule has 0 saturated heterocycles. The third kappa shape index (κ3) is 5.66. The van der Waals surface area contributed by atoms with Crippen LogP contribution in [0.15, 0.2) is 58.1 Å². The summed E-state index contributed by atoms with van der Waals surface area (Å²) in [7, 11) is 1.71. The summed E-state index contributed by atoms with van der Waals surface area (Å²) in [6.45, 7) is 2.10. The van der Waals surface area contributed by atoms with E-state index >= 15 is 0 Å². The fourth-order valence-corrected chi connectivity index (χ4v) is 3.01. The van der Waals surface area contributed by atoms with Gasteiger partial charge in [0.15, 0.2) is 0 Å². The minimum atomic E-state index is -0.777. The normalized spacial score (nSPS) is 10.8. The molecule has 178 valence electrons. The number of nitrogen functional groups attached to an aromatic ring is 2. The van der Waals surface area contributed by atoms with E-state index < -0.39 is 23.7 Å². The van der Waals surface area contributed by atoms with Gasteiger partial charge in [0.05, 0.1) is 5.69 Å². The fourth-order valence-electron chi connectivity index (χ4n) is 3.01. The summed E-state index contributed by atoms with van der Waals surface area (Å²) in [6, 6.07) is 13.3. The van der Waals surface area contributed by atoms with Gasteiger partial charge in [-0.1, -0.05) is 37.3 Å². The lowest BCUT2D eigenvalue weighted by Crippen LogP contribution is -2.46. The zero-order valence-corrected chi connectivity index (χ0v) is 18.9. The largest absolute Gasteiger partial charge is 0.399 e. The molecule has 0 atom stereocenters. The van der Waals surface area contributed by atoms with Crippen LogP contribution in [-0.2, 0) is 17.9 Å². The molecule has 0 aliphatic heterocycles. The Hall–Kier alpha value is -4.45. The van der Waals surface area contributed by atoms with Crippen LogP contribution in [0, 0.1) is 5.41 Å². The fraction of sp³-hybridized carbons (Fsp3) is 0.227. The van der Waals surface area contributed by atoms with Crippen LogP contribution < -0.4 is 33.5 Å². The molecule has 0 saturated carbocycles. The quantitative estimate of drug-likeness (QED) is 0.125. The van der Waals surface area contributed by atoms with Gasteiger partial charge in [-0.25, -0.2) is 14.4 Å². The SMILES string of the molecule is CCN(C)Nc1nn(-c2cccc(N)c2)c(=O)n(CC(=O)NCc2ccc(C(=N)N)cc2)c1=O. The van der Waals surface area contributed by atoms with Crippen molar-refractivity contribution in [2.75, 3.05) is 24.8 Å². The average molecular weight is 466 g/mol. The van der Waals surface area contributed by atoms with Crippen LogP contribution in [0.25, 0.3) is 5.69 Å². The first-order valence-electron chi connectivity index (χ1n) is 10.5. The molecule has 12 heteroatoms. The highest BCUT2D eigenvalue weighted by Gasteiger charge is 2.18. The van der Waals surface area contributed by atoms with Crippen molar-refractivity contribution in [3.05, 3.63) is 80.5 Å². The second kappa shape index (κ2) is 10.4. The van der Waals surface area contributed by atoms with Crippen molar-refractivity contribution in [1.82, 2.24) is 24.7 Å². The molecule has 12 nitrogen and oxygen atoms in total. The Morgan fingerprint density at radius 2 is 1.88 bits per heavy atom. The van der Waals surface area contributed by atoms with E-state index in [1.54, 1.807) is 60.6 Å². The van der Waals surface area contributed by atoms with Crippen LogP contribution in [0.5, 0.6) is 0 Å². The third-order valence-electron chi connectivity index (χ3n) is 5.00. The topological polar surface area (TPSA) is 177 Å². The standard InChI is InChI=1S/C22H27N9O3/c1-3-29(2)27-20-21(33)30(22(34)31(28-20)17-6-4-5-16(23)11-17)13-18(32)26-12-14-7-9-15(10-8-14)19(24)25/h4-11H,3,12-13,23H2,1-2H3,(H3,24,25)(H,26,32)(H,27,28). The number of nitrogens with two attached hydrogens (primary N) is 2. The first-order valence-corrected chi connectivity index (χ1v) is 10.5. The van der Waals surface area contributed by atoms with E-state index in [1.807, 2.05) is 6.92 Å². The van der Waals surface area contributed by atoms with Gasteiger partial charge >= 0.3 is 11.2 Å². The number of anilines is 2. The summed E-state index contributed by atoms with van der Waals surface area (Å²) < 4.78 is 1.84. The smallest absolute Gasteiger partial charge is 0.352 e. The summed E-state index contributed by atoms with van der Waals surface area (Å²) in [6.07, 6.45) is 0. The van der Waals surface area contributed by atoms with E-state index in [2.05, 4.69) is 15.8 Å². The summed E-state index contributed by atoms with van der Waals surface area (Å²) in [5.41, 5.74) is 14.7. The Bertz CT molecular complexity index is 1310. The van der Waals surface area contributed by atoms with Gasteiger partial charge in [0.25, 0.3) is 0 Å². The molecule has 0 radical (unpaired) electrons. The molecule has 0 fully saturated rings. The van der Waals surface area contributed by atoms with Gasteiger partial charge in [0.1, 0.15) is 12.4 Å². The lowest BCUT2D eigenvalue weighted by atomic mass is 10.1. The van der Waals surface area contributed by atoms with E-state index in [1.165, 1.54) is 0 Å². The molecule has 7 N–H and O–H groups in total. The van der Waals surface area contributed by atoms with Gasteiger partial charge < -0.3 is 16.8 Å². The van der Waals surface area contributed by atoms with Crippen LogP contribution in [-0.4, -0.2) is 44.7 Å². The molecule has 0 unspecified atom stereocenters.